The molecule has 1 aromatic carbocycles. The third-order valence-electron chi connectivity index (χ3n) is 4.01. The summed E-state index contributed by atoms with van der Waals surface area (Å²) in [6.07, 6.45) is 0.665. The van der Waals surface area contributed by atoms with Crippen molar-refractivity contribution in [3.8, 4) is 0 Å². The molecule has 1 fully saturated rings. The Hall–Kier alpha value is -1.33. The molecule has 1 aliphatic rings. The minimum atomic E-state index is -0.404. The SMILES string of the molecule is C.Cc1ccc(NC=O)cc1B1OC(C)(C)C(C)(C)O1. The lowest BCUT2D eigenvalue weighted by Crippen LogP contribution is -2.41. The molecular weight excluding hydrogens is 253 g/mol. The average molecular weight is 277 g/mol. The fourth-order valence-corrected chi connectivity index (χ4v) is 2.02. The third-order valence-corrected chi connectivity index (χ3v) is 4.01. The Bertz CT molecular complexity index is 484. The molecule has 110 valence electrons. The van der Waals surface area contributed by atoms with Gasteiger partial charge in [0.05, 0.1) is 11.2 Å². The van der Waals surface area contributed by atoms with Gasteiger partial charge in [-0.2, -0.15) is 0 Å². The van der Waals surface area contributed by atoms with E-state index in [0.29, 0.717) is 6.41 Å². The molecule has 1 heterocycles. The van der Waals surface area contributed by atoms with Gasteiger partial charge in [0.1, 0.15) is 0 Å². The second-order valence-corrected chi connectivity index (χ2v) is 5.92. The molecule has 0 atom stereocenters. The highest BCUT2D eigenvalue weighted by Crippen LogP contribution is 2.36. The van der Waals surface area contributed by atoms with Gasteiger partial charge in [-0.1, -0.05) is 19.1 Å². The predicted molar refractivity (Wildman–Crippen MR) is 83.3 cm³/mol. The number of carbonyl (C=O) groups is 1. The number of nitrogens with one attached hydrogen (secondary N) is 1. The molecule has 0 saturated carbocycles. The molecule has 0 unspecified atom stereocenters. The highest BCUT2D eigenvalue weighted by molar-refractivity contribution is 6.62. The van der Waals surface area contributed by atoms with Gasteiger partial charge in [-0.15, -0.1) is 0 Å². The first-order chi connectivity index (χ1) is 8.77. The molecule has 1 saturated heterocycles. The van der Waals surface area contributed by atoms with Gasteiger partial charge in [-0.25, -0.2) is 0 Å². The average Bonchev–Trinajstić information content (AvgIpc) is 2.51. The van der Waals surface area contributed by atoms with Gasteiger partial charge in [-0.3, -0.25) is 4.79 Å². The maximum absolute atomic E-state index is 10.5. The molecule has 1 amide bonds. The summed E-state index contributed by atoms with van der Waals surface area (Å²) in [5, 5.41) is 2.65. The molecule has 0 aliphatic carbocycles. The molecular formula is C15H24BNO3. The van der Waals surface area contributed by atoms with Crippen LogP contribution in [0.3, 0.4) is 0 Å². The first-order valence-electron chi connectivity index (χ1n) is 6.43. The zero-order chi connectivity index (χ0) is 14.3. The fraction of sp³-hybridized carbons (Fsp3) is 0.533. The van der Waals surface area contributed by atoms with Crippen LogP contribution in [0, 0.1) is 6.92 Å². The highest BCUT2D eigenvalue weighted by atomic mass is 16.7. The molecule has 4 nitrogen and oxygen atoms in total. The Kier molecular flexibility index (Phi) is 4.67. The Labute approximate surface area is 122 Å². The minimum absolute atomic E-state index is 0. The molecule has 0 radical (unpaired) electrons. The summed E-state index contributed by atoms with van der Waals surface area (Å²) in [5.41, 5.74) is 2.04. The first-order valence-corrected chi connectivity index (χ1v) is 6.43. The van der Waals surface area contributed by atoms with Gasteiger partial charge in [0.25, 0.3) is 0 Å². The number of anilines is 1. The summed E-state index contributed by atoms with van der Waals surface area (Å²) in [5.74, 6) is 0. The summed E-state index contributed by atoms with van der Waals surface area (Å²) in [4.78, 5) is 10.5. The smallest absolute Gasteiger partial charge is 0.399 e. The molecule has 1 aliphatic heterocycles. The number of carbonyl (C=O) groups excluding carboxylic acids is 1. The Morgan fingerprint density at radius 1 is 1.15 bits per heavy atom. The van der Waals surface area contributed by atoms with Crippen LogP contribution in [0.1, 0.15) is 40.7 Å². The van der Waals surface area contributed by atoms with E-state index >= 15 is 0 Å². The van der Waals surface area contributed by atoms with Crippen LogP contribution in [0.2, 0.25) is 0 Å². The fourth-order valence-electron chi connectivity index (χ4n) is 2.02. The van der Waals surface area contributed by atoms with Crippen LogP contribution in [0.4, 0.5) is 5.69 Å². The summed E-state index contributed by atoms with van der Waals surface area (Å²) in [7, 11) is -0.404. The van der Waals surface area contributed by atoms with Crippen LogP contribution in [0.15, 0.2) is 18.2 Å². The number of rotatable bonds is 3. The van der Waals surface area contributed by atoms with Crippen molar-refractivity contribution in [2.24, 2.45) is 0 Å². The Morgan fingerprint density at radius 2 is 1.70 bits per heavy atom. The van der Waals surface area contributed by atoms with E-state index in [4.69, 9.17) is 9.31 Å². The quantitative estimate of drug-likeness (QED) is 0.682. The van der Waals surface area contributed by atoms with Gasteiger partial charge >= 0.3 is 7.12 Å². The molecule has 1 N–H and O–H groups in total. The number of hydrogen-bond donors (Lipinski definition) is 1. The number of benzene rings is 1. The number of amides is 1. The monoisotopic (exact) mass is 277 g/mol. The molecule has 0 spiro atoms. The normalized spacial score (nSPS) is 19.4. The molecule has 0 aromatic heterocycles. The second-order valence-electron chi connectivity index (χ2n) is 5.92. The van der Waals surface area contributed by atoms with Crippen LogP contribution in [-0.2, 0) is 14.1 Å². The molecule has 20 heavy (non-hydrogen) atoms. The van der Waals surface area contributed by atoms with Crippen molar-refractivity contribution in [2.45, 2.75) is 53.2 Å². The summed E-state index contributed by atoms with van der Waals surface area (Å²) in [6.45, 7) is 10.1. The van der Waals surface area contributed by atoms with Crippen molar-refractivity contribution in [1.82, 2.24) is 0 Å². The standard InChI is InChI=1S/C14H20BNO3.CH4/c1-10-6-7-11(16-9-17)8-12(10)15-18-13(2,3)14(4,5)19-15;/h6-9H,1-5H3,(H,16,17);1H4. The molecule has 1 aromatic rings. The minimum Gasteiger partial charge on any atom is -0.399 e. The van der Waals surface area contributed by atoms with Crippen molar-refractivity contribution < 1.29 is 14.1 Å². The zero-order valence-corrected chi connectivity index (χ0v) is 12.1. The van der Waals surface area contributed by atoms with Gasteiger partial charge in [-0.05, 0) is 52.2 Å². The van der Waals surface area contributed by atoms with Crippen LogP contribution in [-0.4, -0.2) is 24.7 Å². The van der Waals surface area contributed by atoms with Crippen LogP contribution in [0.25, 0.3) is 0 Å². The van der Waals surface area contributed by atoms with E-state index in [0.717, 1.165) is 16.7 Å². The van der Waals surface area contributed by atoms with Gasteiger partial charge in [0.15, 0.2) is 0 Å². The topological polar surface area (TPSA) is 47.6 Å². The van der Waals surface area contributed by atoms with E-state index in [-0.39, 0.29) is 18.6 Å². The summed E-state index contributed by atoms with van der Waals surface area (Å²) in [6, 6.07) is 5.70. The van der Waals surface area contributed by atoms with Crippen LogP contribution >= 0.6 is 0 Å². The van der Waals surface area contributed by atoms with E-state index in [1.165, 1.54) is 0 Å². The van der Waals surface area contributed by atoms with Crippen molar-refractivity contribution in [3.63, 3.8) is 0 Å². The van der Waals surface area contributed by atoms with Gasteiger partial charge < -0.3 is 14.6 Å². The zero-order valence-electron chi connectivity index (χ0n) is 12.1. The van der Waals surface area contributed by atoms with E-state index in [9.17, 15) is 4.79 Å². The van der Waals surface area contributed by atoms with Crippen molar-refractivity contribution in [1.29, 1.82) is 0 Å². The third kappa shape index (κ3) is 2.89. The molecule has 0 bridgehead atoms. The lowest BCUT2D eigenvalue weighted by atomic mass is 9.76. The number of hydrogen-bond acceptors (Lipinski definition) is 3. The van der Waals surface area contributed by atoms with E-state index in [1.807, 2.05) is 52.8 Å². The first kappa shape index (κ1) is 16.7. The van der Waals surface area contributed by atoms with Crippen LogP contribution < -0.4 is 10.8 Å². The van der Waals surface area contributed by atoms with Crippen molar-refractivity contribution in [2.75, 3.05) is 5.32 Å². The molecule has 5 heteroatoms. The lowest BCUT2D eigenvalue weighted by Gasteiger charge is -2.32. The van der Waals surface area contributed by atoms with E-state index in [1.54, 1.807) is 0 Å². The van der Waals surface area contributed by atoms with Crippen LogP contribution in [0.5, 0.6) is 0 Å². The summed E-state index contributed by atoms with van der Waals surface area (Å²) >= 11 is 0. The number of aryl methyl sites for hydroxylation is 1. The maximum atomic E-state index is 10.5. The van der Waals surface area contributed by atoms with E-state index < -0.39 is 7.12 Å². The van der Waals surface area contributed by atoms with Crippen molar-refractivity contribution in [3.05, 3.63) is 23.8 Å². The predicted octanol–water partition coefficient (Wildman–Crippen LogP) is 2.50. The highest BCUT2D eigenvalue weighted by Gasteiger charge is 2.52. The van der Waals surface area contributed by atoms with Gasteiger partial charge in [0.2, 0.25) is 6.41 Å². The largest absolute Gasteiger partial charge is 0.495 e. The second kappa shape index (κ2) is 5.58. The van der Waals surface area contributed by atoms with E-state index in [2.05, 4.69) is 5.32 Å². The lowest BCUT2D eigenvalue weighted by molar-refractivity contribution is -0.105. The Morgan fingerprint density at radius 3 is 2.20 bits per heavy atom. The molecule has 2 rings (SSSR count). The van der Waals surface area contributed by atoms with Gasteiger partial charge in [0, 0.05) is 5.69 Å². The van der Waals surface area contributed by atoms with Crippen molar-refractivity contribution >= 4 is 24.7 Å². The summed E-state index contributed by atoms with van der Waals surface area (Å²) < 4.78 is 12.1. The Balaban J connectivity index is 0.00000200. The maximum Gasteiger partial charge on any atom is 0.495 e.